The number of carbonyl (C=O) groups is 1. The summed E-state index contributed by atoms with van der Waals surface area (Å²) >= 11 is 0. The second kappa shape index (κ2) is 5.52. The van der Waals surface area contributed by atoms with Crippen molar-refractivity contribution in [3.63, 3.8) is 0 Å². The third kappa shape index (κ3) is 2.59. The molecule has 0 spiro atoms. The van der Waals surface area contributed by atoms with Gasteiger partial charge in [-0.25, -0.2) is 0 Å². The normalized spacial score (nSPS) is 36.0. The maximum absolute atomic E-state index is 12.8. The number of fused-ring (bicyclic) bond motifs is 1. The molecular formula is C14H24N2O4S. The minimum Gasteiger partial charge on any atom is -0.480 e. The van der Waals surface area contributed by atoms with Crippen molar-refractivity contribution >= 4 is 16.2 Å². The first-order chi connectivity index (χ1) is 9.91. The van der Waals surface area contributed by atoms with E-state index in [-0.39, 0.29) is 11.8 Å². The van der Waals surface area contributed by atoms with Gasteiger partial charge in [0.1, 0.15) is 6.04 Å². The van der Waals surface area contributed by atoms with Crippen molar-refractivity contribution in [2.75, 3.05) is 19.6 Å². The van der Waals surface area contributed by atoms with Gasteiger partial charge >= 0.3 is 5.97 Å². The molecule has 0 aromatic rings. The first-order valence-corrected chi connectivity index (χ1v) is 9.30. The van der Waals surface area contributed by atoms with Crippen LogP contribution >= 0.6 is 0 Å². The summed E-state index contributed by atoms with van der Waals surface area (Å²) in [5.41, 5.74) is 0. The molecule has 3 unspecified atom stereocenters. The van der Waals surface area contributed by atoms with Crippen molar-refractivity contribution in [2.24, 2.45) is 17.8 Å². The molecule has 120 valence electrons. The monoisotopic (exact) mass is 316 g/mol. The molecule has 3 aliphatic rings. The summed E-state index contributed by atoms with van der Waals surface area (Å²) in [7, 11) is -3.64. The molecule has 1 saturated carbocycles. The Kier molecular flexibility index (Phi) is 4.00. The van der Waals surface area contributed by atoms with E-state index < -0.39 is 22.2 Å². The molecule has 0 amide bonds. The molecular weight excluding hydrogens is 292 g/mol. The fourth-order valence-electron chi connectivity index (χ4n) is 4.17. The molecule has 2 saturated heterocycles. The average molecular weight is 316 g/mol. The lowest BCUT2D eigenvalue weighted by molar-refractivity contribution is -0.142. The lowest BCUT2D eigenvalue weighted by Crippen LogP contribution is -2.51. The van der Waals surface area contributed by atoms with E-state index in [1.807, 2.05) is 0 Å². The van der Waals surface area contributed by atoms with Crippen molar-refractivity contribution < 1.29 is 18.3 Å². The first-order valence-electron chi connectivity index (χ1n) is 7.91. The van der Waals surface area contributed by atoms with Gasteiger partial charge in [-0.2, -0.15) is 17.0 Å². The number of piperidine rings is 1. The zero-order valence-electron chi connectivity index (χ0n) is 12.4. The summed E-state index contributed by atoms with van der Waals surface area (Å²) < 4.78 is 28.4. The third-order valence-electron chi connectivity index (χ3n) is 5.47. The summed E-state index contributed by atoms with van der Waals surface area (Å²) in [5, 5.41) is 9.51. The zero-order chi connectivity index (χ0) is 15.2. The van der Waals surface area contributed by atoms with Crippen LogP contribution < -0.4 is 0 Å². The van der Waals surface area contributed by atoms with Crippen molar-refractivity contribution in [3.8, 4) is 0 Å². The quantitative estimate of drug-likeness (QED) is 0.847. The van der Waals surface area contributed by atoms with Gasteiger partial charge in [0.2, 0.25) is 0 Å². The number of hydrogen-bond acceptors (Lipinski definition) is 3. The second-order valence-electron chi connectivity index (χ2n) is 6.80. The van der Waals surface area contributed by atoms with E-state index in [2.05, 4.69) is 6.92 Å². The van der Waals surface area contributed by atoms with Crippen LogP contribution in [0.5, 0.6) is 0 Å². The van der Waals surface area contributed by atoms with E-state index in [1.165, 1.54) is 8.61 Å². The highest BCUT2D eigenvalue weighted by atomic mass is 32.2. The minimum absolute atomic E-state index is 0.000916. The third-order valence-corrected chi connectivity index (χ3v) is 7.45. The molecule has 1 N–H and O–H groups in total. The standard InChI is InChI=1S/C14H24N2O4S/c1-10-5-7-15(8-6-10)21(19,20)16-9-11-3-2-4-12(11)13(16)14(17)18/h10-13H,2-9H2,1H3,(H,17,18). The molecule has 2 heterocycles. The first kappa shape index (κ1) is 15.2. The lowest BCUT2D eigenvalue weighted by atomic mass is 9.94. The van der Waals surface area contributed by atoms with Gasteiger partial charge in [-0.15, -0.1) is 0 Å². The Morgan fingerprint density at radius 2 is 1.81 bits per heavy atom. The van der Waals surface area contributed by atoms with Gasteiger partial charge in [0.25, 0.3) is 10.2 Å². The highest BCUT2D eigenvalue weighted by molar-refractivity contribution is 7.86. The molecule has 2 aliphatic heterocycles. The van der Waals surface area contributed by atoms with E-state index in [0.717, 1.165) is 32.1 Å². The topological polar surface area (TPSA) is 77.9 Å². The molecule has 1 aliphatic carbocycles. The van der Waals surface area contributed by atoms with Crippen molar-refractivity contribution in [3.05, 3.63) is 0 Å². The average Bonchev–Trinajstić information content (AvgIpc) is 2.98. The van der Waals surface area contributed by atoms with Gasteiger partial charge in [-0.05, 0) is 43.4 Å². The van der Waals surface area contributed by atoms with E-state index >= 15 is 0 Å². The summed E-state index contributed by atoms with van der Waals surface area (Å²) in [6, 6.07) is -0.859. The van der Waals surface area contributed by atoms with Crippen LogP contribution in [0.2, 0.25) is 0 Å². The van der Waals surface area contributed by atoms with E-state index in [4.69, 9.17) is 0 Å². The van der Waals surface area contributed by atoms with E-state index in [0.29, 0.717) is 25.6 Å². The Hall–Kier alpha value is -0.660. The molecule has 3 atom stereocenters. The molecule has 0 radical (unpaired) electrons. The largest absolute Gasteiger partial charge is 0.480 e. The van der Waals surface area contributed by atoms with E-state index in [1.54, 1.807) is 0 Å². The van der Waals surface area contributed by atoms with Crippen LogP contribution in [-0.4, -0.2) is 53.8 Å². The number of hydrogen-bond donors (Lipinski definition) is 1. The maximum Gasteiger partial charge on any atom is 0.322 e. The molecule has 21 heavy (non-hydrogen) atoms. The molecule has 3 fully saturated rings. The zero-order valence-corrected chi connectivity index (χ0v) is 13.3. The smallest absolute Gasteiger partial charge is 0.322 e. The number of aliphatic carboxylic acids is 1. The predicted molar refractivity (Wildman–Crippen MR) is 77.9 cm³/mol. The fraction of sp³-hybridized carbons (Fsp3) is 0.929. The SMILES string of the molecule is CC1CCN(S(=O)(=O)N2CC3CCCC3C2C(=O)O)CC1. The molecule has 0 bridgehead atoms. The summed E-state index contributed by atoms with van der Waals surface area (Å²) in [6.07, 6.45) is 4.53. The highest BCUT2D eigenvalue weighted by Gasteiger charge is 2.53. The van der Waals surface area contributed by atoms with Crippen LogP contribution in [0.4, 0.5) is 0 Å². The van der Waals surface area contributed by atoms with Crippen LogP contribution in [0.3, 0.4) is 0 Å². The van der Waals surface area contributed by atoms with Gasteiger partial charge < -0.3 is 5.11 Å². The Balaban J connectivity index is 1.82. The molecule has 0 aromatic heterocycles. The summed E-state index contributed by atoms with van der Waals surface area (Å²) in [4.78, 5) is 11.6. The number of rotatable bonds is 3. The van der Waals surface area contributed by atoms with E-state index in [9.17, 15) is 18.3 Å². The predicted octanol–water partition coefficient (Wildman–Crippen LogP) is 1.15. The lowest BCUT2D eigenvalue weighted by Gasteiger charge is -2.34. The summed E-state index contributed by atoms with van der Waals surface area (Å²) in [5.74, 6) is -0.214. The number of nitrogens with zero attached hydrogens (tertiary/aromatic N) is 2. The number of carboxylic acids is 1. The van der Waals surface area contributed by atoms with Crippen LogP contribution in [0.25, 0.3) is 0 Å². The fourth-order valence-corrected chi connectivity index (χ4v) is 6.06. The van der Waals surface area contributed by atoms with Crippen LogP contribution in [0, 0.1) is 17.8 Å². The Morgan fingerprint density at radius 1 is 1.14 bits per heavy atom. The Bertz CT molecular complexity index is 513. The van der Waals surface area contributed by atoms with Gasteiger partial charge in [0.15, 0.2) is 0 Å². The van der Waals surface area contributed by atoms with Crippen LogP contribution in [-0.2, 0) is 15.0 Å². The van der Waals surface area contributed by atoms with Crippen molar-refractivity contribution in [2.45, 2.75) is 45.1 Å². The number of carboxylic acid groups (broad SMARTS) is 1. The molecule has 7 heteroatoms. The van der Waals surface area contributed by atoms with Gasteiger partial charge in [-0.3, -0.25) is 4.79 Å². The van der Waals surface area contributed by atoms with Crippen molar-refractivity contribution in [1.29, 1.82) is 0 Å². The Labute approximate surface area is 126 Å². The van der Waals surface area contributed by atoms with Gasteiger partial charge in [0.05, 0.1) is 0 Å². The van der Waals surface area contributed by atoms with Crippen LogP contribution in [0.1, 0.15) is 39.0 Å². The highest BCUT2D eigenvalue weighted by Crippen LogP contribution is 2.44. The van der Waals surface area contributed by atoms with Gasteiger partial charge in [-0.1, -0.05) is 13.3 Å². The molecule has 6 nitrogen and oxygen atoms in total. The molecule has 0 aromatic carbocycles. The summed E-state index contributed by atoms with van der Waals surface area (Å²) in [6.45, 7) is 3.55. The second-order valence-corrected chi connectivity index (χ2v) is 8.68. The van der Waals surface area contributed by atoms with Crippen molar-refractivity contribution in [1.82, 2.24) is 8.61 Å². The maximum atomic E-state index is 12.8. The van der Waals surface area contributed by atoms with Gasteiger partial charge in [0, 0.05) is 19.6 Å². The minimum atomic E-state index is -3.64. The molecule has 3 rings (SSSR count). The van der Waals surface area contributed by atoms with Crippen LogP contribution in [0.15, 0.2) is 0 Å². The Morgan fingerprint density at radius 3 is 2.43 bits per heavy atom.